The number of hydrogen-bond donors (Lipinski definition) is 1. The van der Waals surface area contributed by atoms with E-state index in [4.69, 9.17) is 9.88 Å². The lowest BCUT2D eigenvalue weighted by molar-refractivity contribution is 0.0421. The van der Waals surface area contributed by atoms with E-state index in [2.05, 4.69) is 18.7 Å². The third-order valence-electron chi connectivity index (χ3n) is 2.59. The van der Waals surface area contributed by atoms with Crippen LogP contribution >= 0.6 is 0 Å². The van der Waals surface area contributed by atoms with Crippen molar-refractivity contribution >= 4 is 10.0 Å². The molecule has 1 fully saturated rings. The molecule has 0 aromatic rings. The van der Waals surface area contributed by atoms with Crippen molar-refractivity contribution in [2.45, 2.75) is 26.4 Å². The number of sulfonamides is 1. The van der Waals surface area contributed by atoms with Gasteiger partial charge in [0.25, 0.3) is 0 Å². The average Bonchev–Trinajstić information content (AvgIpc) is 2.58. The van der Waals surface area contributed by atoms with Crippen LogP contribution in [0.4, 0.5) is 0 Å². The fourth-order valence-electron chi connectivity index (χ4n) is 1.72. The van der Waals surface area contributed by atoms with E-state index in [1.807, 2.05) is 0 Å². The third kappa shape index (κ3) is 5.79. The highest BCUT2D eigenvalue weighted by Gasteiger charge is 2.23. The van der Waals surface area contributed by atoms with E-state index in [1.165, 1.54) is 0 Å². The second kappa shape index (κ2) is 5.95. The summed E-state index contributed by atoms with van der Waals surface area (Å²) in [5.41, 5.74) is 0. The Morgan fingerprint density at radius 3 is 2.75 bits per heavy atom. The van der Waals surface area contributed by atoms with Gasteiger partial charge in [-0.05, 0) is 12.3 Å². The standard InChI is InChI=1S/C10H22N2O3S/c1-9(2)8-15-10-3-4-12(7-10)5-6-16(11,13)14/h9-10H,3-8H2,1-2H3,(H2,11,13,14)/t10-/m1/s1. The number of nitrogens with zero attached hydrogens (tertiary/aromatic N) is 1. The fraction of sp³-hybridized carbons (Fsp3) is 1.00. The Labute approximate surface area is 98.0 Å². The molecule has 6 heteroatoms. The summed E-state index contributed by atoms with van der Waals surface area (Å²) in [5.74, 6) is 0.572. The van der Waals surface area contributed by atoms with Crippen LogP contribution in [0.2, 0.25) is 0 Å². The van der Waals surface area contributed by atoms with Gasteiger partial charge >= 0.3 is 0 Å². The van der Waals surface area contributed by atoms with E-state index in [1.54, 1.807) is 0 Å². The van der Waals surface area contributed by atoms with Gasteiger partial charge in [0, 0.05) is 26.2 Å². The van der Waals surface area contributed by atoms with Crippen molar-refractivity contribution in [2.75, 3.05) is 32.0 Å². The SMILES string of the molecule is CC(C)CO[C@@H]1CCN(CCS(N)(=O)=O)C1. The topological polar surface area (TPSA) is 72.6 Å². The number of primary sulfonamides is 1. The molecular weight excluding hydrogens is 228 g/mol. The van der Waals surface area contributed by atoms with Gasteiger partial charge in [0.2, 0.25) is 10.0 Å². The van der Waals surface area contributed by atoms with Gasteiger partial charge in [-0.25, -0.2) is 13.6 Å². The third-order valence-corrected chi connectivity index (χ3v) is 3.34. The molecule has 0 amide bonds. The molecule has 1 atom stereocenters. The summed E-state index contributed by atoms with van der Waals surface area (Å²) in [4.78, 5) is 2.09. The molecule has 96 valence electrons. The molecule has 1 heterocycles. The maximum Gasteiger partial charge on any atom is 0.210 e. The molecule has 1 aliphatic heterocycles. The van der Waals surface area contributed by atoms with Crippen molar-refractivity contribution in [3.63, 3.8) is 0 Å². The predicted molar refractivity (Wildman–Crippen MR) is 63.6 cm³/mol. The minimum absolute atomic E-state index is 0.0316. The van der Waals surface area contributed by atoms with Gasteiger partial charge in [-0.1, -0.05) is 13.8 Å². The zero-order chi connectivity index (χ0) is 12.2. The van der Waals surface area contributed by atoms with Gasteiger partial charge in [-0.15, -0.1) is 0 Å². The molecule has 0 unspecified atom stereocenters. The molecule has 1 saturated heterocycles. The van der Waals surface area contributed by atoms with Gasteiger partial charge in [-0.2, -0.15) is 0 Å². The fourth-order valence-corrected chi connectivity index (χ4v) is 2.23. The second-order valence-corrected chi connectivity index (χ2v) is 6.54. The summed E-state index contributed by atoms with van der Waals surface area (Å²) in [6.45, 7) is 7.25. The molecule has 1 aliphatic rings. The molecule has 16 heavy (non-hydrogen) atoms. The van der Waals surface area contributed by atoms with Crippen LogP contribution in [0.15, 0.2) is 0 Å². The van der Waals surface area contributed by atoms with Crippen molar-refractivity contribution in [1.82, 2.24) is 4.90 Å². The normalized spacial score (nSPS) is 23.1. The number of nitrogens with two attached hydrogens (primary N) is 1. The summed E-state index contributed by atoms with van der Waals surface area (Å²) in [6, 6.07) is 0. The first kappa shape index (κ1) is 13.9. The lowest BCUT2D eigenvalue weighted by Gasteiger charge is -2.16. The molecule has 0 aromatic carbocycles. The first-order chi connectivity index (χ1) is 7.37. The van der Waals surface area contributed by atoms with Crippen molar-refractivity contribution in [3.05, 3.63) is 0 Å². The minimum Gasteiger partial charge on any atom is -0.377 e. The van der Waals surface area contributed by atoms with Crippen LogP contribution in [0.3, 0.4) is 0 Å². The van der Waals surface area contributed by atoms with Crippen molar-refractivity contribution in [2.24, 2.45) is 11.1 Å². The van der Waals surface area contributed by atoms with E-state index in [0.717, 1.165) is 26.1 Å². The highest BCUT2D eigenvalue weighted by atomic mass is 32.2. The lowest BCUT2D eigenvalue weighted by atomic mass is 10.2. The molecule has 0 bridgehead atoms. The van der Waals surface area contributed by atoms with E-state index in [0.29, 0.717) is 12.5 Å². The molecule has 2 N–H and O–H groups in total. The van der Waals surface area contributed by atoms with Crippen molar-refractivity contribution in [1.29, 1.82) is 0 Å². The zero-order valence-corrected chi connectivity index (χ0v) is 10.9. The van der Waals surface area contributed by atoms with E-state index >= 15 is 0 Å². The molecule has 0 aliphatic carbocycles. The molecule has 0 radical (unpaired) electrons. The first-order valence-corrected chi connectivity index (χ1v) is 7.43. The Bertz CT molecular complexity index is 303. The van der Waals surface area contributed by atoms with Crippen molar-refractivity contribution in [3.8, 4) is 0 Å². The van der Waals surface area contributed by atoms with E-state index < -0.39 is 10.0 Å². The summed E-state index contributed by atoms with van der Waals surface area (Å²) in [6.07, 6.45) is 1.24. The Hall–Kier alpha value is -0.170. The smallest absolute Gasteiger partial charge is 0.210 e. The molecule has 1 rings (SSSR count). The molecule has 5 nitrogen and oxygen atoms in total. The molecular formula is C10H22N2O3S. The predicted octanol–water partition coefficient (Wildman–Crippen LogP) is 0.0218. The Morgan fingerprint density at radius 2 is 2.19 bits per heavy atom. The number of ether oxygens (including phenoxy) is 1. The van der Waals surface area contributed by atoms with Crippen LogP contribution in [0.1, 0.15) is 20.3 Å². The Morgan fingerprint density at radius 1 is 1.50 bits per heavy atom. The molecule has 0 spiro atoms. The first-order valence-electron chi connectivity index (χ1n) is 5.71. The number of likely N-dealkylation sites (tertiary alicyclic amines) is 1. The molecule has 0 saturated carbocycles. The lowest BCUT2D eigenvalue weighted by Crippen LogP contribution is -2.31. The minimum atomic E-state index is -3.34. The summed E-state index contributed by atoms with van der Waals surface area (Å²) >= 11 is 0. The van der Waals surface area contributed by atoms with Crippen LogP contribution in [-0.4, -0.2) is 51.4 Å². The van der Waals surface area contributed by atoms with Crippen molar-refractivity contribution < 1.29 is 13.2 Å². The van der Waals surface area contributed by atoms with Crippen LogP contribution in [0.5, 0.6) is 0 Å². The summed E-state index contributed by atoms with van der Waals surface area (Å²) in [5, 5.41) is 4.96. The number of rotatable bonds is 6. The van der Waals surface area contributed by atoms with Crippen LogP contribution < -0.4 is 5.14 Å². The maximum atomic E-state index is 10.8. The summed E-state index contributed by atoms with van der Waals surface area (Å²) in [7, 11) is -3.34. The Balaban J connectivity index is 2.20. The van der Waals surface area contributed by atoms with Gasteiger partial charge in [0.1, 0.15) is 0 Å². The van der Waals surface area contributed by atoms with Gasteiger partial charge < -0.3 is 4.74 Å². The molecule has 0 aromatic heterocycles. The highest BCUT2D eigenvalue weighted by Crippen LogP contribution is 2.13. The Kier molecular flexibility index (Phi) is 5.17. The van der Waals surface area contributed by atoms with E-state index in [-0.39, 0.29) is 11.9 Å². The highest BCUT2D eigenvalue weighted by molar-refractivity contribution is 7.89. The van der Waals surface area contributed by atoms with E-state index in [9.17, 15) is 8.42 Å². The van der Waals surface area contributed by atoms with Crippen LogP contribution in [-0.2, 0) is 14.8 Å². The average molecular weight is 250 g/mol. The quantitative estimate of drug-likeness (QED) is 0.721. The summed E-state index contributed by atoms with van der Waals surface area (Å²) < 4.78 is 27.3. The van der Waals surface area contributed by atoms with Gasteiger partial charge in [-0.3, -0.25) is 4.90 Å². The maximum absolute atomic E-state index is 10.8. The van der Waals surface area contributed by atoms with Gasteiger partial charge in [0.05, 0.1) is 11.9 Å². The van der Waals surface area contributed by atoms with Crippen LogP contribution in [0, 0.1) is 5.92 Å². The number of hydrogen-bond acceptors (Lipinski definition) is 4. The zero-order valence-electron chi connectivity index (χ0n) is 10.1. The second-order valence-electron chi connectivity index (χ2n) is 4.81. The van der Waals surface area contributed by atoms with Gasteiger partial charge in [0.15, 0.2) is 0 Å². The monoisotopic (exact) mass is 250 g/mol. The largest absolute Gasteiger partial charge is 0.377 e. The van der Waals surface area contributed by atoms with Crippen LogP contribution in [0.25, 0.3) is 0 Å².